The van der Waals surface area contributed by atoms with Crippen molar-refractivity contribution >= 4 is 5.91 Å². The van der Waals surface area contributed by atoms with Gasteiger partial charge in [0.2, 0.25) is 5.91 Å². The molecule has 0 aliphatic heterocycles. The van der Waals surface area contributed by atoms with Crippen LogP contribution in [0, 0.1) is 0 Å². The van der Waals surface area contributed by atoms with E-state index in [0.29, 0.717) is 12.8 Å². The molecular weight excluding hydrogens is 168 g/mol. The molecule has 0 spiro atoms. The largest absolute Gasteiger partial charge is 0.396 e. The van der Waals surface area contributed by atoms with E-state index in [9.17, 15) is 13.6 Å². The van der Waals surface area contributed by atoms with Crippen LogP contribution in [0.1, 0.15) is 19.3 Å². The van der Waals surface area contributed by atoms with E-state index in [-0.39, 0.29) is 18.9 Å². The third-order valence-electron chi connectivity index (χ3n) is 1.27. The van der Waals surface area contributed by atoms with E-state index >= 15 is 0 Å². The second kappa shape index (κ2) is 6.97. The lowest BCUT2D eigenvalue weighted by molar-refractivity contribution is -0.121. The van der Waals surface area contributed by atoms with Crippen molar-refractivity contribution in [2.24, 2.45) is 0 Å². The molecule has 0 radical (unpaired) electrons. The Morgan fingerprint density at radius 1 is 1.42 bits per heavy atom. The van der Waals surface area contributed by atoms with Crippen LogP contribution < -0.4 is 5.32 Å². The van der Waals surface area contributed by atoms with Crippen LogP contribution in [0.5, 0.6) is 0 Å². The second-order valence-electron chi connectivity index (χ2n) is 2.38. The number of carbonyl (C=O) groups is 1. The number of amides is 1. The van der Waals surface area contributed by atoms with E-state index in [2.05, 4.69) is 5.32 Å². The number of unbranched alkanes of at least 4 members (excludes halogenated alkanes) is 1. The average molecular weight is 181 g/mol. The van der Waals surface area contributed by atoms with Crippen LogP contribution in [0.2, 0.25) is 0 Å². The lowest BCUT2D eigenvalue weighted by atomic mass is 10.2. The number of aliphatic hydroxyl groups is 1. The average Bonchev–Trinajstić information content (AvgIpc) is 2.01. The van der Waals surface area contributed by atoms with Gasteiger partial charge in [0.25, 0.3) is 6.43 Å². The van der Waals surface area contributed by atoms with Crippen LogP contribution in [0.4, 0.5) is 8.78 Å². The maximum Gasteiger partial charge on any atom is 0.255 e. The lowest BCUT2D eigenvalue weighted by Crippen LogP contribution is -2.28. The molecule has 5 heteroatoms. The van der Waals surface area contributed by atoms with Gasteiger partial charge in [-0.15, -0.1) is 0 Å². The molecule has 0 aromatic rings. The zero-order valence-corrected chi connectivity index (χ0v) is 6.72. The Balaban J connectivity index is 3.22. The molecule has 1 amide bonds. The Morgan fingerprint density at radius 2 is 2.08 bits per heavy atom. The Kier molecular flexibility index (Phi) is 6.55. The summed E-state index contributed by atoms with van der Waals surface area (Å²) < 4.78 is 23.1. The molecule has 0 atom stereocenters. The van der Waals surface area contributed by atoms with Crippen molar-refractivity contribution in [3.05, 3.63) is 0 Å². The van der Waals surface area contributed by atoms with Crippen molar-refractivity contribution < 1.29 is 18.7 Å². The van der Waals surface area contributed by atoms with Crippen molar-refractivity contribution in [1.29, 1.82) is 0 Å². The molecule has 3 nitrogen and oxygen atoms in total. The van der Waals surface area contributed by atoms with Gasteiger partial charge >= 0.3 is 0 Å². The highest BCUT2D eigenvalue weighted by molar-refractivity contribution is 5.75. The Morgan fingerprint density at radius 3 is 2.58 bits per heavy atom. The summed E-state index contributed by atoms with van der Waals surface area (Å²) in [4.78, 5) is 10.7. The van der Waals surface area contributed by atoms with Gasteiger partial charge in [-0.25, -0.2) is 8.78 Å². The highest BCUT2D eigenvalue weighted by Crippen LogP contribution is 1.94. The van der Waals surface area contributed by atoms with Crippen molar-refractivity contribution in [2.75, 3.05) is 13.2 Å². The monoisotopic (exact) mass is 181 g/mol. The standard InChI is InChI=1S/C7H13F2NO2/c8-6(9)5-10-7(12)3-1-2-4-11/h6,11H,1-5H2,(H,10,12). The second-order valence-corrected chi connectivity index (χ2v) is 2.38. The highest BCUT2D eigenvalue weighted by atomic mass is 19.3. The molecule has 0 saturated carbocycles. The number of aliphatic hydroxyl groups excluding tert-OH is 1. The van der Waals surface area contributed by atoms with Crippen LogP contribution in [0.3, 0.4) is 0 Å². The minimum absolute atomic E-state index is 0.0299. The van der Waals surface area contributed by atoms with E-state index in [1.807, 2.05) is 0 Å². The van der Waals surface area contributed by atoms with Gasteiger partial charge in [-0.3, -0.25) is 4.79 Å². The number of rotatable bonds is 6. The topological polar surface area (TPSA) is 49.3 Å². The molecule has 2 N–H and O–H groups in total. The molecule has 0 aliphatic rings. The normalized spacial score (nSPS) is 10.3. The molecule has 0 fully saturated rings. The fourth-order valence-electron chi connectivity index (χ4n) is 0.677. The fourth-order valence-corrected chi connectivity index (χ4v) is 0.677. The first-order valence-electron chi connectivity index (χ1n) is 3.82. The predicted molar refractivity (Wildman–Crippen MR) is 40.0 cm³/mol. The summed E-state index contributed by atoms with van der Waals surface area (Å²) >= 11 is 0. The molecule has 0 aromatic heterocycles. The Hall–Kier alpha value is -0.710. The molecule has 0 aliphatic carbocycles. The van der Waals surface area contributed by atoms with Gasteiger partial charge in [0, 0.05) is 13.0 Å². The first-order chi connectivity index (χ1) is 5.66. The van der Waals surface area contributed by atoms with Crippen molar-refractivity contribution in [2.45, 2.75) is 25.7 Å². The molecule has 0 aromatic carbocycles. The molecular formula is C7H13F2NO2. The van der Waals surface area contributed by atoms with Crippen LogP contribution in [0.25, 0.3) is 0 Å². The van der Waals surface area contributed by atoms with Crippen LogP contribution >= 0.6 is 0 Å². The Bertz CT molecular complexity index is 131. The fraction of sp³-hybridized carbons (Fsp3) is 0.857. The number of alkyl halides is 2. The van der Waals surface area contributed by atoms with Gasteiger partial charge in [0.15, 0.2) is 0 Å². The van der Waals surface area contributed by atoms with E-state index in [4.69, 9.17) is 5.11 Å². The van der Waals surface area contributed by atoms with Gasteiger partial charge in [0.1, 0.15) is 0 Å². The molecule has 0 saturated heterocycles. The summed E-state index contributed by atoms with van der Waals surface area (Å²) in [6, 6.07) is 0. The van der Waals surface area contributed by atoms with Crippen LogP contribution in [0.15, 0.2) is 0 Å². The number of halogens is 2. The summed E-state index contributed by atoms with van der Waals surface area (Å²) in [5, 5.41) is 10.4. The van der Waals surface area contributed by atoms with E-state index in [1.54, 1.807) is 0 Å². The number of hydrogen-bond acceptors (Lipinski definition) is 2. The minimum atomic E-state index is -2.49. The third-order valence-corrected chi connectivity index (χ3v) is 1.27. The maximum absolute atomic E-state index is 11.5. The summed E-state index contributed by atoms with van der Waals surface area (Å²) in [5.41, 5.74) is 0. The zero-order chi connectivity index (χ0) is 9.40. The van der Waals surface area contributed by atoms with Gasteiger partial charge < -0.3 is 10.4 Å². The van der Waals surface area contributed by atoms with Gasteiger partial charge in [0.05, 0.1) is 6.54 Å². The van der Waals surface area contributed by atoms with Crippen molar-refractivity contribution in [1.82, 2.24) is 5.32 Å². The Labute approximate surface area is 69.8 Å². The summed E-state index contributed by atoms with van der Waals surface area (Å²) in [7, 11) is 0. The summed E-state index contributed by atoms with van der Waals surface area (Å²) in [5.74, 6) is -0.385. The van der Waals surface area contributed by atoms with E-state index in [1.165, 1.54) is 0 Å². The SMILES string of the molecule is O=C(CCCCO)NCC(F)F. The molecule has 0 rings (SSSR count). The number of carbonyl (C=O) groups excluding carboxylic acids is 1. The van der Waals surface area contributed by atoms with Crippen molar-refractivity contribution in [3.63, 3.8) is 0 Å². The third kappa shape index (κ3) is 7.40. The van der Waals surface area contributed by atoms with Gasteiger partial charge in [-0.05, 0) is 12.8 Å². The smallest absolute Gasteiger partial charge is 0.255 e. The number of hydrogen-bond donors (Lipinski definition) is 2. The van der Waals surface area contributed by atoms with Crippen LogP contribution in [-0.4, -0.2) is 30.6 Å². The van der Waals surface area contributed by atoms with E-state index < -0.39 is 13.0 Å². The maximum atomic E-state index is 11.5. The lowest BCUT2D eigenvalue weighted by Gasteiger charge is -2.02. The van der Waals surface area contributed by atoms with E-state index in [0.717, 1.165) is 0 Å². The molecule has 0 unspecified atom stereocenters. The van der Waals surface area contributed by atoms with Crippen molar-refractivity contribution in [3.8, 4) is 0 Å². The molecule has 0 bridgehead atoms. The highest BCUT2D eigenvalue weighted by Gasteiger charge is 2.05. The summed E-state index contributed by atoms with van der Waals surface area (Å²) in [6.07, 6.45) is -1.23. The first kappa shape index (κ1) is 11.3. The molecule has 12 heavy (non-hydrogen) atoms. The minimum Gasteiger partial charge on any atom is -0.396 e. The number of nitrogens with one attached hydrogen (secondary N) is 1. The van der Waals surface area contributed by atoms with Crippen LogP contribution in [-0.2, 0) is 4.79 Å². The quantitative estimate of drug-likeness (QED) is 0.587. The molecule has 72 valence electrons. The zero-order valence-electron chi connectivity index (χ0n) is 6.72. The molecule has 0 heterocycles. The predicted octanol–water partition coefficient (Wildman–Crippen LogP) is 0.530. The summed E-state index contributed by atoms with van der Waals surface area (Å²) in [6.45, 7) is -0.555. The van der Waals surface area contributed by atoms with Gasteiger partial charge in [-0.2, -0.15) is 0 Å². The van der Waals surface area contributed by atoms with Gasteiger partial charge in [-0.1, -0.05) is 0 Å². The first-order valence-corrected chi connectivity index (χ1v) is 3.82.